The van der Waals surface area contributed by atoms with E-state index in [1.54, 1.807) is 55.6 Å². The van der Waals surface area contributed by atoms with Crippen LogP contribution in [-0.2, 0) is 9.53 Å². The summed E-state index contributed by atoms with van der Waals surface area (Å²) in [6, 6.07) is 13.3. The number of nitrogens with one attached hydrogen (secondary N) is 3. The van der Waals surface area contributed by atoms with Crippen LogP contribution in [0.1, 0.15) is 33.6 Å². The van der Waals surface area contributed by atoms with E-state index in [9.17, 15) is 14.4 Å². The van der Waals surface area contributed by atoms with Gasteiger partial charge < -0.3 is 20.7 Å². The third-order valence-electron chi connectivity index (χ3n) is 4.22. The summed E-state index contributed by atoms with van der Waals surface area (Å²) >= 11 is 0. The first-order valence-electron chi connectivity index (χ1n) is 8.73. The smallest absolute Gasteiger partial charge is 0.255 e. The van der Waals surface area contributed by atoms with Gasteiger partial charge in [-0.1, -0.05) is 12.1 Å². The predicted molar refractivity (Wildman–Crippen MR) is 102 cm³/mol. The van der Waals surface area contributed by atoms with E-state index in [4.69, 9.17) is 4.74 Å². The number of amides is 3. The minimum absolute atomic E-state index is 0.205. The van der Waals surface area contributed by atoms with Crippen LogP contribution in [-0.4, -0.2) is 37.5 Å². The third-order valence-corrected chi connectivity index (χ3v) is 4.22. The van der Waals surface area contributed by atoms with E-state index < -0.39 is 6.10 Å². The zero-order valence-electron chi connectivity index (χ0n) is 15.0. The van der Waals surface area contributed by atoms with Crippen LogP contribution in [0.15, 0.2) is 48.5 Å². The van der Waals surface area contributed by atoms with Crippen molar-refractivity contribution in [3.63, 3.8) is 0 Å². The van der Waals surface area contributed by atoms with E-state index in [0.717, 1.165) is 6.42 Å². The van der Waals surface area contributed by atoms with Gasteiger partial charge in [0, 0.05) is 36.2 Å². The lowest BCUT2D eigenvalue weighted by Gasteiger charge is -2.12. The lowest BCUT2D eigenvalue weighted by Crippen LogP contribution is -2.27. The summed E-state index contributed by atoms with van der Waals surface area (Å²) in [7, 11) is 1.55. The van der Waals surface area contributed by atoms with Crippen LogP contribution in [0, 0.1) is 0 Å². The number of hydrogen-bond acceptors (Lipinski definition) is 4. The summed E-state index contributed by atoms with van der Waals surface area (Å²) in [5.41, 5.74) is 1.88. The first kappa shape index (κ1) is 18.6. The summed E-state index contributed by atoms with van der Waals surface area (Å²) in [6.45, 7) is 0.593. The highest BCUT2D eigenvalue weighted by atomic mass is 16.5. The minimum Gasteiger partial charge on any atom is -0.368 e. The number of carbonyl (C=O) groups is 3. The Kier molecular flexibility index (Phi) is 5.83. The van der Waals surface area contributed by atoms with Crippen molar-refractivity contribution < 1.29 is 19.1 Å². The van der Waals surface area contributed by atoms with Gasteiger partial charge in [-0.3, -0.25) is 14.4 Å². The fourth-order valence-electron chi connectivity index (χ4n) is 2.83. The molecule has 0 aromatic heterocycles. The Morgan fingerprint density at radius 1 is 0.926 bits per heavy atom. The fourth-order valence-corrected chi connectivity index (χ4v) is 2.83. The van der Waals surface area contributed by atoms with Crippen molar-refractivity contribution in [1.29, 1.82) is 0 Å². The van der Waals surface area contributed by atoms with Crippen molar-refractivity contribution in [3.05, 3.63) is 59.7 Å². The molecule has 7 nitrogen and oxygen atoms in total. The quantitative estimate of drug-likeness (QED) is 0.756. The molecule has 3 rings (SSSR count). The second kappa shape index (κ2) is 8.46. The molecule has 27 heavy (non-hydrogen) atoms. The van der Waals surface area contributed by atoms with Crippen LogP contribution in [0.3, 0.4) is 0 Å². The van der Waals surface area contributed by atoms with Gasteiger partial charge in [0.25, 0.3) is 17.7 Å². The largest absolute Gasteiger partial charge is 0.368 e. The molecule has 1 atom stereocenters. The topological polar surface area (TPSA) is 96.5 Å². The molecular formula is C20H21N3O4. The normalized spacial score (nSPS) is 15.8. The summed E-state index contributed by atoms with van der Waals surface area (Å²) in [4.78, 5) is 36.4. The van der Waals surface area contributed by atoms with Crippen molar-refractivity contribution in [3.8, 4) is 0 Å². The van der Waals surface area contributed by atoms with Gasteiger partial charge in [0.2, 0.25) is 0 Å². The molecule has 140 valence electrons. The second-order valence-electron chi connectivity index (χ2n) is 6.19. The Labute approximate surface area is 157 Å². The van der Waals surface area contributed by atoms with Crippen molar-refractivity contribution in [2.45, 2.75) is 18.9 Å². The molecule has 0 bridgehead atoms. The van der Waals surface area contributed by atoms with Crippen LogP contribution in [0.5, 0.6) is 0 Å². The van der Waals surface area contributed by atoms with Gasteiger partial charge in [-0.15, -0.1) is 0 Å². The summed E-state index contributed by atoms with van der Waals surface area (Å²) in [5.74, 6) is -0.773. The van der Waals surface area contributed by atoms with Crippen LogP contribution in [0.25, 0.3) is 0 Å². The molecule has 7 heteroatoms. The van der Waals surface area contributed by atoms with Gasteiger partial charge in [0.1, 0.15) is 6.10 Å². The van der Waals surface area contributed by atoms with Gasteiger partial charge >= 0.3 is 0 Å². The molecular weight excluding hydrogens is 346 g/mol. The molecule has 0 radical (unpaired) electrons. The molecule has 3 amide bonds. The van der Waals surface area contributed by atoms with Gasteiger partial charge in [0.05, 0.1) is 0 Å². The lowest BCUT2D eigenvalue weighted by molar-refractivity contribution is -0.124. The van der Waals surface area contributed by atoms with E-state index in [1.807, 2.05) is 0 Å². The van der Waals surface area contributed by atoms with E-state index in [0.29, 0.717) is 35.5 Å². The van der Waals surface area contributed by atoms with Crippen molar-refractivity contribution in [2.75, 3.05) is 24.3 Å². The number of ether oxygens (including phenoxy) is 1. The maximum atomic E-state index is 12.5. The Morgan fingerprint density at radius 2 is 1.56 bits per heavy atom. The maximum absolute atomic E-state index is 12.5. The van der Waals surface area contributed by atoms with Gasteiger partial charge in [-0.2, -0.15) is 0 Å². The summed E-state index contributed by atoms with van der Waals surface area (Å²) in [6.07, 6.45) is 1.14. The Balaban J connectivity index is 1.68. The predicted octanol–water partition coefficient (Wildman–Crippen LogP) is 2.42. The Hall–Kier alpha value is -3.19. The summed E-state index contributed by atoms with van der Waals surface area (Å²) in [5, 5.41) is 8.07. The number of benzene rings is 2. The molecule has 1 unspecified atom stereocenters. The maximum Gasteiger partial charge on any atom is 0.255 e. The fraction of sp³-hybridized carbons (Fsp3) is 0.250. The van der Waals surface area contributed by atoms with E-state index in [-0.39, 0.29) is 17.7 Å². The van der Waals surface area contributed by atoms with Gasteiger partial charge in [0.15, 0.2) is 0 Å². The zero-order chi connectivity index (χ0) is 19.2. The molecule has 3 N–H and O–H groups in total. The van der Waals surface area contributed by atoms with Crippen molar-refractivity contribution >= 4 is 29.1 Å². The van der Waals surface area contributed by atoms with E-state index in [2.05, 4.69) is 16.0 Å². The Morgan fingerprint density at radius 3 is 2.15 bits per heavy atom. The molecule has 0 spiro atoms. The SMILES string of the molecule is CNC(=O)c1cccc(NC(=O)c2cccc(NC(=O)C3CCCO3)c2)c1. The monoisotopic (exact) mass is 367 g/mol. The Bertz CT molecular complexity index is 860. The van der Waals surface area contributed by atoms with Gasteiger partial charge in [-0.25, -0.2) is 0 Å². The molecule has 1 heterocycles. The molecule has 0 aliphatic carbocycles. The van der Waals surface area contributed by atoms with Crippen LogP contribution in [0.4, 0.5) is 11.4 Å². The molecule has 2 aromatic rings. The number of rotatable bonds is 5. The van der Waals surface area contributed by atoms with Crippen LogP contribution < -0.4 is 16.0 Å². The van der Waals surface area contributed by atoms with E-state index in [1.165, 1.54) is 0 Å². The molecule has 0 saturated carbocycles. The highest BCUT2D eigenvalue weighted by Crippen LogP contribution is 2.18. The van der Waals surface area contributed by atoms with Crippen molar-refractivity contribution in [1.82, 2.24) is 5.32 Å². The second-order valence-corrected chi connectivity index (χ2v) is 6.19. The van der Waals surface area contributed by atoms with Crippen LogP contribution in [0.2, 0.25) is 0 Å². The standard InChI is InChI=1S/C20H21N3O4/c1-21-18(24)13-5-2-7-15(11-13)22-19(25)14-6-3-8-16(12-14)23-20(26)17-9-4-10-27-17/h2-3,5-8,11-12,17H,4,9-10H2,1H3,(H,21,24)(H,22,25)(H,23,26). The first-order chi connectivity index (χ1) is 13.1. The van der Waals surface area contributed by atoms with Crippen LogP contribution >= 0.6 is 0 Å². The van der Waals surface area contributed by atoms with Gasteiger partial charge in [-0.05, 0) is 49.2 Å². The average Bonchev–Trinajstić information content (AvgIpc) is 3.23. The molecule has 1 aliphatic rings. The number of carbonyl (C=O) groups excluding carboxylic acids is 3. The average molecular weight is 367 g/mol. The third kappa shape index (κ3) is 4.71. The number of anilines is 2. The first-order valence-corrected chi connectivity index (χ1v) is 8.73. The van der Waals surface area contributed by atoms with E-state index >= 15 is 0 Å². The highest BCUT2D eigenvalue weighted by Gasteiger charge is 2.23. The lowest BCUT2D eigenvalue weighted by atomic mass is 10.1. The molecule has 2 aromatic carbocycles. The zero-order valence-corrected chi connectivity index (χ0v) is 15.0. The molecule has 1 aliphatic heterocycles. The summed E-state index contributed by atoms with van der Waals surface area (Å²) < 4.78 is 5.36. The van der Waals surface area contributed by atoms with Crippen molar-refractivity contribution in [2.24, 2.45) is 0 Å². The molecule has 1 fully saturated rings. The number of hydrogen-bond donors (Lipinski definition) is 3. The molecule has 1 saturated heterocycles. The highest BCUT2D eigenvalue weighted by molar-refractivity contribution is 6.06. The minimum atomic E-state index is -0.435.